The van der Waals surface area contributed by atoms with Crippen LogP contribution in [0, 0.1) is 13.8 Å². The zero-order valence-corrected chi connectivity index (χ0v) is 16.0. The zero-order chi connectivity index (χ0) is 19.2. The lowest BCUT2D eigenvalue weighted by atomic mass is 9.98. The van der Waals surface area contributed by atoms with E-state index in [4.69, 9.17) is 0 Å². The van der Waals surface area contributed by atoms with Crippen molar-refractivity contribution in [2.75, 3.05) is 0 Å². The molecule has 1 saturated carbocycles. The van der Waals surface area contributed by atoms with Crippen LogP contribution in [0.25, 0.3) is 11.3 Å². The fourth-order valence-corrected chi connectivity index (χ4v) is 4.77. The molecule has 0 radical (unpaired) electrons. The number of hydrogen-bond donors (Lipinski definition) is 0. The highest BCUT2D eigenvalue weighted by Gasteiger charge is 2.35. The third kappa shape index (κ3) is 3.00. The smallest absolute Gasteiger partial charge is 0.269 e. The topological polar surface area (TPSA) is 69.0 Å². The average Bonchev–Trinajstić information content (AvgIpc) is 3.42. The van der Waals surface area contributed by atoms with Crippen LogP contribution in [0.2, 0.25) is 0 Å². The molecule has 4 rings (SSSR count). The van der Waals surface area contributed by atoms with Crippen LogP contribution in [-0.2, 0) is 10.0 Å². The second-order valence-electron chi connectivity index (χ2n) is 6.99. The van der Waals surface area contributed by atoms with Crippen LogP contribution >= 0.6 is 0 Å². The molecule has 0 bridgehead atoms. The summed E-state index contributed by atoms with van der Waals surface area (Å²) in [6, 6.07) is 10.9. The maximum absolute atomic E-state index is 13.4. The predicted octanol–water partition coefficient (Wildman–Crippen LogP) is 4.09. The fraction of sp³-hybridized carbons (Fsp3) is 0.238. The van der Waals surface area contributed by atoms with Crippen molar-refractivity contribution in [1.82, 2.24) is 8.96 Å². The monoisotopic (exact) mass is 380 g/mol. The van der Waals surface area contributed by atoms with Gasteiger partial charge in [-0.1, -0.05) is 24.3 Å². The molecule has 1 fully saturated rings. The SMILES string of the molecule is Cc1ccc(S(=O)(=O)n2cc(C=O)c(C3CC3)c2-c2ccccc2C)cn1. The third-order valence-electron chi connectivity index (χ3n) is 5.00. The van der Waals surface area contributed by atoms with E-state index in [1.165, 1.54) is 16.4 Å². The molecule has 6 heteroatoms. The first-order chi connectivity index (χ1) is 12.9. The second-order valence-corrected chi connectivity index (χ2v) is 8.80. The van der Waals surface area contributed by atoms with Crippen molar-refractivity contribution in [2.45, 2.75) is 37.5 Å². The number of pyridine rings is 1. The summed E-state index contributed by atoms with van der Waals surface area (Å²) < 4.78 is 28.0. The molecule has 1 aliphatic rings. The van der Waals surface area contributed by atoms with E-state index in [2.05, 4.69) is 4.98 Å². The van der Waals surface area contributed by atoms with Crippen LogP contribution in [0.1, 0.15) is 45.9 Å². The first-order valence-corrected chi connectivity index (χ1v) is 10.3. The zero-order valence-electron chi connectivity index (χ0n) is 15.2. The van der Waals surface area contributed by atoms with Gasteiger partial charge in [0.15, 0.2) is 6.29 Å². The first-order valence-electron chi connectivity index (χ1n) is 8.88. The molecule has 0 spiro atoms. The van der Waals surface area contributed by atoms with E-state index >= 15 is 0 Å². The first kappa shape index (κ1) is 17.7. The van der Waals surface area contributed by atoms with Crippen molar-refractivity contribution in [3.8, 4) is 11.3 Å². The van der Waals surface area contributed by atoms with Crippen molar-refractivity contribution < 1.29 is 13.2 Å². The van der Waals surface area contributed by atoms with Gasteiger partial charge in [0.25, 0.3) is 10.0 Å². The molecule has 5 nitrogen and oxygen atoms in total. The maximum Gasteiger partial charge on any atom is 0.269 e. The Bertz CT molecular complexity index is 1120. The van der Waals surface area contributed by atoms with Gasteiger partial charge in [-0.15, -0.1) is 0 Å². The summed E-state index contributed by atoms with van der Waals surface area (Å²) in [6.45, 7) is 3.75. The van der Waals surface area contributed by atoms with Crippen molar-refractivity contribution >= 4 is 16.3 Å². The van der Waals surface area contributed by atoms with Gasteiger partial charge in [-0.3, -0.25) is 9.78 Å². The van der Waals surface area contributed by atoms with Gasteiger partial charge in [-0.05, 0) is 55.9 Å². The van der Waals surface area contributed by atoms with E-state index in [1.807, 2.05) is 31.2 Å². The highest BCUT2D eigenvalue weighted by Crippen LogP contribution is 2.47. The van der Waals surface area contributed by atoms with E-state index in [0.29, 0.717) is 11.3 Å². The predicted molar refractivity (Wildman–Crippen MR) is 104 cm³/mol. The molecular formula is C21H20N2O3S. The van der Waals surface area contributed by atoms with Crippen molar-refractivity contribution in [3.05, 3.63) is 71.2 Å². The molecule has 3 aromatic rings. The van der Waals surface area contributed by atoms with Gasteiger partial charge in [0.2, 0.25) is 0 Å². The molecule has 1 aromatic carbocycles. The van der Waals surface area contributed by atoms with Crippen LogP contribution in [0.3, 0.4) is 0 Å². The second kappa shape index (κ2) is 6.46. The van der Waals surface area contributed by atoms with Crippen LogP contribution in [-0.4, -0.2) is 23.7 Å². The van der Waals surface area contributed by atoms with Crippen molar-refractivity contribution in [2.24, 2.45) is 0 Å². The Hall–Kier alpha value is -2.73. The Morgan fingerprint density at radius 2 is 1.85 bits per heavy atom. The molecule has 0 unspecified atom stereocenters. The number of hydrogen-bond acceptors (Lipinski definition) is 4. The number of rotatable bonds is 5. The molecule has 1 aliphatic carbocycles. The molecule has 0 saturated heterocycles. The van der Waals surface area contributed by atoms with Crippen molar-refractivity contribution in [1.29, 1.82) is 0 Å². The summed E-state index contributed by atoms with van der Waals surface area (Å²) in [5.41, 5.74) is 4.41. The minimum atomic E-state index is -3.87. The minimum Gasteiger partial charge on any atom is -0.298 e. The number of aldehydes is 1. The van der Waals surface area contributed by atoms with Crippen LogP contribution in [0.4, 0.5) is 0 Å². The molecule has 0 atom stereocenters. The van der Waals surface area contributed by atoms with E-state index in [9.17, 15) is 13.2 Å². The largest absolute Gasteiger partial charge is 0.298 e. The summed E-state index contributed by atoms with van der Waals surface area (Å²) in [7, 11) is -3.87. The number of benzene rings is 1. The minimum absolute atomic E-state index is 0.109. The van der Waals surface area contributed by atoms with Gasteiger partial charge < -0.3 is 0 Å². The van der Waals surface area contributed by atoms with Crippen LogP contribution in [0.5, 0.6) is 0 Å². The van der Waals surface area contributed by atoms with Gasteiger partial charge in [0, 0.05) is 29.2 Å². The van der Waals surface area contributed by atoms with Gasteiger partial charge in [0.05, 0.1) is 5.69 Å². The maximum atomic E-state index is 13.4. The summed E-state index contributed by atoms with van der Waals surface area (Å²) in [6.07, 6.45) is 5.52. The number of carbonyl (C=O) groups excluding carboxylic acids is 1. The van der Waals surface area contributed by atoms with Gasteiger partial charge in [-0.2, -0.15) is 0 Å². The number of carbonyl (C=O) groups is 1. The lowest BCUT2D eigenvalue weighted by Crippen LogP contribution is -2.14. The quantitative estimate of drug-likeness (QED) is 0.625. The molecule has 2 aromatic heterocycles. The number of aromatic nitrogens is 2. The fourth-order valence-electron chi connectivity index (χ4n) is 3.42. The Morgan fingerprint density at radius 3 is 2.44 bits per heavy atom. The third-order valence-corrected chi connectivity index (χ3v) is 6.64. The summed E-state index contributed by atoms with van der Waals surface area (Å²) >= 11 is 0. The van der Waals surface area contributed by atoms with Crippen molar-refractivity contribution in [3.63, 3.8) is 0 Å². The molecular weight excluding hydrogens is 360 g/mol. The standard InChI is InChI=1S/C21H20N2O3S/c1-14-5-3-4-6-19(14)21-20(16-8-9-16)17(13-24)12-23(21)27(25,26)18-10-7-15(2)22-11-18/h3-7,10-13,16H,8-9H2,1-2H3. The highest BCUT2D eigenvalue weighted by atomic mass is 32.2. The number of aryl methyl sites for hydroxylation is 2. The molecule has 0 aliphatic heterocycles. The molecule has 0 N–H and O–H groups in total. The summed E-state index contributed by atoms with van der Waals surface area (Å²) in [4.78, 5) is 16.0. The molecule has 0 amide bonds. The van der Waals surface area contributed by atoms with Crippen LogP contribution < -0.4 is 0 Å². The summed E-state index contributed by atoms with van der Waals surface area (Å²) in [5.74, 6) is 0.229. The lowest BCUT2D eigenvalue weighted by Gasteiger charge is -2.14. The van der Waals surface area contributed by atoms with E-state index in [1.54, 1.807) is 19.1 Å². The molecule has 2 heterocycles. The highest BCUT2D eigenvalue weighted by molar-refractivity contribution is 7.90. The van der Waals surface area contributed by atoms with E-state index in [0.717, 1.165) is 41.5 Å². The molecule has 27 heavy (non-hydrogen) atoms. The Balaban J connectivity index is 2.02. The Kier molecular flexibility index (Phi) is 4.23. The molecule has 138 valence electrons. The normalized spacial score (nSPS) is 14.3. The average molecular weight is 380 g/mol. The Labute approximate surface area is 158 Å². The lowest BCUT2D eigenvalue weighted by molar-refractivity contribution is 0.112. The summed E-state index contributed by atoms with van der Waals surface area (Å²) in [5, 5.41) is 0. The van der Waals surface area contributed by atoms with E-state index in [-0.39, 0.29) is 10.8 Å². The Morgan fingerprint density at radius 1 is 1.11 bits per heavy atom. The van der Waals surface area contributed by atoms with E-state index < -0.39 is 10.0 Å². The van der Waals surface area contributed by atoms with Gasteiger partial charge in [0.1, 0.15) is 4.90 Å². The van der Waals surface area contributed by atoms with Crippen LogP contribution in [0.15, 0.2) is 53.7 Å². The number of nitrogens with zero attached hydrogens (tertiary/aromatic N) is 2. The van der Waals surface area contributed by atoms with Gasteiger partial charge in [-0.25, -0.2) is 12.4 Å². The van der Waals surface area contributed by atoms with Gasteiger partial charge >= 0.3 is 0 Å².